The van der Waals surface area contributed by atoms with E-state index < -0.39 is 0 Å². The Morgan fingerprint density at radius 1 is 0.652 bits per heavy atom. The average molecular weight is 499 g/mol. The van der Waals surface area contributed by atoms with Crippen LogP contribution >= 0.6 is 47.8 Å². The van der Waals surface area contributed by atoms with E-state index in [0.717, 1.165) is 36.2 Å². The smallest absolute Gasteiger partial charge is 0.106 e. The summed E-state index contributed by atoms with van der Waals surface area (Å²) in [5.41, 5.74) is 4.20. The number of hydrogen-bond acceptors (Lipinski definition) is 2. The molecule has 0 radical (unpaired) electrons. The first-order valence-electron chi connectivity index (χ1n) is 6.94. The van der Waals surface area contributed by atoms with E-state index >= 15 is 0 Å². The average Bonchev–Trinajstić information content (AvgIpc) is 2.55. The predicted octanol–water partition coefficient (Wildman–Crippen LogP) is 6.73. The van der Waals surface area contributed by atoms with E-state index in [2.05, 4.69) is 69.9 Å². The summed E-state index contributed by atoms with van der Waals surface area (Å²) in [5.74, 6) is 0. The number of pyridine rings is 2. The molecule has 0 aliphatic carbocycles. The normalized spacial score (nSPS) is 9.96. The summed E-state index contributed by atoms with van der Waals surface area (Å²) in [4.78, 5) is 8.64. The van der Waals surface area contributed by atoms with E-state index in [0.29, 0.717) is 0 Å². The van der Waals surface area contributed by atoms with Crippen LogP contribution in [0.5, 0.6) is 0 Å². The van der Waals surface area contributed by atoms with E-state index in [-0.39, 0.29) is 0 Å². The lowest BCUT2D eigenvalue weighted by Gasteiger charge is -2.02. The second-order valence-electron chi connectivity index (χ2n) is 4.83. The number of halogens is 3. The summed E-state index contributed by atoms with van der Waals surface area (Å²) in [6.07, 6.45) is 0. The maximum Gasteiger partial charge on any atom is 0.106 e. The van der Waals surface area contributed by atoms with E-state index in [9.17, 15) is 0 Å². The first-order valence-corrected chi connectivity index (χ1v) is 9.32. The Bertz CT molecular complexity index is 790. The van der Waals surface area contributed by atoms with Crippen LogP contribution in [0.25, 0.3) is 11.3 Å². The topological polar surface area (TPSA) is 25.8 Å². The second kappa shape index (κ2) is 8.71. The maximum absolute atomic E-state index is 4.50. The van der Waals surface area contributed by atoms with Crippen molar-refractivity contribution in [3.05, 3.63) is 79.5 Å². The number of aryl methyl sites for hydroxylation is 2. The van der Waals surface area contributed by atoms with Gasteiger partial charge in [0.2, 0.25) is 0 Å². The van der Waals surface area contributed by atoms with Crippen molar-refractivity contribution in [1.82, 2.24) is 9.97 Å². The lowest BCUT2D eigenvalue weighted by Crippen LogP contribution is -1.87. The molecule has 2 aromatic heterocycles. The van der Waals surface area contributed by atoms with Crippen LogP contribution in [0.1, 0.15) is 11.4 Å². The number of nitrogens with zero attached hydrogens (tertiary/aromatic N) is 2. The van der Waals surface area contributed by atoms with Gasteiger partial charge in [0.05, 0.1) is 17.1 Å². The molecule has 0 amide bonds. The highest BCUT2D eigenvalue weighted by molar-refractivity contribution is 9.11. The van der Waals surface area contributed by atoms with Gasteiger partial charge in [-0.1, -0.05) is 30.3 Å². The highest BCUT2D eigenvalue weighted by Crippen LogP contribution is 2.21. The number of benzene rings is 1. The Morgan fingerprint density at radius 3 is 1.74 bits per heavy atom. The lowest BCUT2D eigenvalue weighted by molar-refractivity contribution is 1.15. The molecule has 0 bridgehead atoms. The third-order valence-electron chi connectivity index (χ3n) is 3.08. The molecule has 0 aliphatic rings. The lowest BCUT2D eigenvalue weighted by atomic mass is 10.1. The molecule has 0 aliphatic heterocycles. The van der Waals surface area contributed by atoms with Crippen molar-refractivity contribution in [2.45, 2.75) is 13.8 Å². The van der Waals surface area contributed by atoms with Gasteiger partial charge in [0.1, 0.15) is 4.60 Å². The summed E-state index contributed by atoms with van der Waals surface area (Å²) in [7, 11) is 0. The van der Waals surface area contributed by atoms with E-state index in [1.165, 1.54) is 0 Å². The largest absolute Gasteiger partial charge is 0.252 e. The van der Waals surface area contributed by atoms with Crippen LogP contribution in [0.15, 0.2) is 68.1 Å². The van der Waals surface area contributed by atoms with Crippen LogP contribution in [-0.2, 0) is 0 Å². The van der Waals surface area contributed by atoms with Gasteiger partial charge in [0.25, 0.3) is 0 Å². The van der Waals surface area contributed by atoms with Gasteiger partial charge in [-0.05, 0) is 85.9 Å². The zero-order chi connectivity index (χ0) is 16.8. The monoisotopic (exact) mass is 496 g/mol. The molecular weight excluding hydrogens is 484 g/mol. The minimum Gasteiger partial charge on any atom is -0.252 e. The molecule has 2 nitrogen and oxygen atoms in total. The van der Waals surface area contributed by atoms with Crippen molar-refractivity contribution in [2.75, 3.05) is 0 Å². The highest BCUT2D eigenvalue weighted by atomic mass is 79.9. The van der Waals surface area contributed by atoms with Crippen LogP contribution < -0.4 is 0 Å². The fourth-order valence-electron chi connectivity index (χ4n) is 1.83. The molecule has 0 fully saturated rings. The molecule has 118 valence electrons. The summed E-state index contributed by atoms with van der Waals surface area (Å²) in [6, 6.07) is 18.1. The fraction of sp³-hybridized carbons (Fsp3) is 0.111. The van der Waals surface area contributed by atoms with Crippen molar-refractivity contribution < 1.29 is 0 Å². The van der Waals surface area contributed by atoms with Gasteiger partial charge < -0.3 is 0 Å². The maximum atomic E-state index is 4.50. The van der Waals surface area contributed by atoms with Crippen molar-refractivity contribution in [2.24, 2.45) is 0 Å². The molecule has 2 heterocycles. The molecule has 5 heteroatoms. The molecule has 0 unspecified atom stereocenters. The molecule has 3 aromatic rings. The number of rotatable bonds is 1. The molecular formula is C18H15Br3N2. The molecule has 0 atom stereocenters. The Balaban J connectivity index is 0.000000185. The SMILES string of the molecule is Cc1nc(-c2ccccc2)ccc1Br.Cc1nc(Br)ccc1Br. The molecule has 23 heavy (non-hydrogen) atoms. The first kappa shape index (κ1) is 18.3. The summed E-state index contributed by atoms with van der Waals surface area (Å²) >= 11 is 10.0. The summed E-state index contributed by atoms with van der Waals surface area (Å²) < 4.78 is 2.98. The fourth-order valence-corrected chi connectivity index (χ4v) is 2.67. The van der Waals surface area contributed by atoms with E-state index in [1.807, 2.05) is 56.3 Å². The van der Waals surface area contributed by atoms with E-state index in [4.69, 9.17) is 0 Å². The van der Waals surface area contributed by atoms with Gasteiger partial charge >= 0.3 is 0 Å². The van der Waals surface area contributed by atoms with Crippen LogP contribution in [0.3, 0.4) is 0 Å². The van der Waals surface area contributed by atoms with Crippen LogP contribution in [0.4, 0.5) is 0 Å². The van der Waals surface area contributed by atoms with Gasteiger partial charge in [0.15, 0.2) is 0 Å². The predicted molar refractivity (Wildman–Crippen MR) is 106 cm³/mol. The molecule has 1 aromatic carbocycles. The first-order chi connectivity index (χ1) is 11.0. The second-order valence-corrected chi connectivity index (χ2v) is 7.35. The standard InChI is InChI=1S/C12H10BrN.C6H5Br2N/c1-9-11(13)7-8-12(14-9)10-5-3-2-4-6-10;1-4-5(7)2-3-6(8)9-4/h2-8H,1H3;2-3H,1H3. The van der Waals surface area contributed by atoms with Crippen molar-refractivity contribution in [3.8, 4) is 11.3 Å². The minimum atomic E-state index is 0.878. The minimum absolute atomic E-state index is 0.878. The Morgan fingerprint density at radius 2 is 1.22 bits per heavy atom. The molecule has 3 rings (SSSR count). The number of hydrogen-bond donors (Lipinski definition) is 0. The van der Waals surface area contributed by atoms with Gasteiger partial charge in [-0.3, -0.25) is 4.98 Å². The summed E-state index contributed by atoms with van der Waals surface area (Å²) in [6.45, 7) is 3.95. The van der Waals surface area contributed by atoms with Crippen molar-refractivity contribution >= 4 is 47.8 Å². The van der Waals surface area contributed by atoms with Crippen molar-refractivity contribution in [3.63, 3.8) is 0 Å². The zero-order valence-corrected chi connectivity index (χ0v) is 17.5. The Kier molecular flexibility index (Phi) is 6.93. The van der Waals surface area contributed by atoms with Gasteiger partial charge in [-0.15, -0.1) is 0 Å². The third kappa shape index (κ3) is 5.52. The molecule has 0 spiro atoms. The molecule has 0 saturated carbocycles. The number of aromatic nitrogens is 2. The van der Waals surface area contributed by atoms with E-state index in [1.54, 1.807) is 0 Å². The van der Waals surface area contributed by atoms with Gasteiger partial charge in [0, 0.05) is 14.5 Å². The third-order valence-corrected chi connectivity index (χ3v) is 5.20. The van der Waals surface area contributed by atoms with Crippen LogP contribution in [-0.4, -0.2) is 9.97 Å². The quantitative estimate of drug-likeness (QED) is 0.347. The zero-order valence-electron chi connectivity index (χ0n) is 12.7. The van der Waals surface area contributed by atoms with Crippen LogP contribution in [0.2, 0.25) is 0 Å². The van der Waals surface area contributed by atoms with Gasteiger partial charge in [-0.2, -0.15) is 0 Å². The summed E-state index contributed by atoms with van der Waals surface area (Å²) in [5, 5.41) is 0. The molecule has 0 saturated heterocycles. The van der Waals surface area contributed by atoms with Crippen LogP contribution in [0, 0.1) is 13.8 Å². The highest BCUT2D eigenvalue weighted by Gasteiger charge is 2.00. The van der Waals surface area contributed by atoms with Crippen molar-refractivity contribution in [1.29, 1.82) is 0 Å². The van der Waals surface area contributed by atoms with Gasteiger partial charge in [-0.25, -0.2) is 4.98 Å². The molecule has 0 N–H and O–H groups in total. The Labute approximate surface area is 161 Å². The Hall–Kier alpha value is -1.04.